The van der Waals surface area contributed by atoms with Crippen LogP contribution in [0, 0.1) is 13.8 Å². The van der Waals surface area contributed by atoms with Gasteiger partial charge in [0.05, 0.1) is 16.1 Å². The monoisotopic (exact) mass is 553 g/mol. The lowest BCUT2D eigenvalue weighted by Gasteiger charge is -2.18. The van der Waals surface area contributed by atoms with Gasteiger partial charge in [-0.15, -0.1) is 0 Å². The fourth-order valence-electron chi connectivity index (χ4n) is 5.45. The highest BCUT2D eigenvalue weighted by Crippen LogP contribution is 2.44. The van der Waals surface area contributed by atoms with Crippen LogP contribution in [0.1, 0.15) is 33.7 Å². The van der Waals surface area contributed by atoms with Gasteiger partial charge in [0.1, 0.15) is 0 Å². The molecule has 3 nitrogen and oxygen atoms in total. The Balaban J connectivity index is 1.73. The first-order valence-electron chi connectivity index (χ1n) is 13.7. The van der Waals surface area contributed by atoms with E-state index in [4.69, 9.17) is 0 Å². The molecule has 0 aliphatic heterocycles. The van der Waals surface area contributed by atoms with Crippen LogP contribution in [0.2, 0.25) is 0 Å². The molecule has 202 valence electrons. The first kappa shape index (κ1) is 26.5. The Morgan fingerprint density at radius 3 is 1.90 bits per heavy atom. The summed E-state index contributed by atoms with van der Waals surface area (Å²) in [5, 5.41) is 0.922. The van der Waals surface area contributed by atoms with Crippen LogP contribution in [0.5, 0.6) is 0 Å². The Morgan fingerprint density at radius 2 is 1.24 bits per heavy atom. The summed E-state index contributed by atoms with van der Waals surface area (Å²) < 4.78 is 30.6. The van der Waals surface area contributed by atoms with Crippen LogP contribution < -0.4 is 0 Å². The van der Waals surface area contributed by atoms with Crippen molar-refractivity contribution >= 4 is 27.0 Å². The minimum absolute atomic E-state index is 0.203. The van der Waals surface area contributed by atoms with Gasteiger partial charge < -0.3 is 0 Å². The van der Waals surface area contributed by atoms with Crippen LogP contribution in [-0.2, 0) is 10.0 Å². The maximum atomic E-state index is 14.5. The van der Waals surface area contributed by atoms with Gasteiger partial charge in [-0.05, 0) is 60.4 Å². The number of rotatable bonds is 7. The molecule has 0 aliphatic rings. The Hall–Kier alpha value is -4.67. The minimum Gasteiger partial charge on any atom is -0.233 e. The lowest BCUT2D eigenvalue weighted by molar-refractivity contribution is 0.589. The van der Waals surface area contributed by atoms with Crippen LogP contribution in [0.15, 0.2) is 144 Å². The molecule has 6 aromatic rings. The summed E-state index contributed by atoms with van der Waals surface area (Å²) in [7, 11) is -3.94. The standard InChI is InChI=1S/C37H31NO2S/c1-27-18-22-32(23-19-27)41(39,40)38-35-25-20-28(2)26-34(35)36(37(38)31-16-10-5-11-17-31)33(30-14-8-4-9-15-30)24-21-29-12-6-3-7-13-29/h3-26,33H,1-2H3/b24-21+. The fourth-order valence-corrected chi connectivity index (χ4v) is 7.01. The van der Waals surface area contributed by atoms with Gasteiger partial charge in [-0.1, -0.05) is 132 Å². The molecule has 0 amide bonds. The Morgan fingerprint density at radius 1 is 0.659 bits per heavy atom. The zero-order chi connectivity index (χ0) is 28.4. The van der Waals surface area contributed by atoms with Crippen LogP contribution in [0.3, 0.4) is 0 Å². The molecule has 1 atom stereocenters. The van der Waals surface area contributed by atoms with Crippen LogP contribution in [-0.4, -0.2) is 12.4 Å². The van der Waals surface area contributed by atoms with Crippen molar-refractivity contribution < 1.29 is 8.42 Å². The van der Waals surface area contributed by atoms with Gasteiger partial charge in [-0.2, -0.15) is 0 Å². The summed E-state index contributed by atoms with van der Waals surface area (Å²) >= 11 is 0. The van der Waals surface area contributed by atoms with Crippen molar-refractivity contribution in [2.24, 2.45) is 0 Å². The number of hydrogen-bond acceptors (Lipinski definition) is 2. The molecule has 1 aromatic heterocycles. The average molecular weight is 554 g/mol. The van der Waals surface area contributed by atoms with E-state index in [1.54, 1.807) is 16.1 Å². The quantitative estimate of drug-likeness (QED) is 0.198. The second kappa shape index (κ2) is 11.1. The van der Waals surface area contributed by atoms with Gasteiger partial charge in [0, 0.05) is 11.3 Å². The second-order valence-electron chi connectivity index (χ2n) is 10.4. The molecule has 41 heavy (non-hydrogen) atoms. The molecule has 0 saturated heterocycles. The molecule has 5 aromatic carbocycles. The van der Waals surface area contributed by atoms with Gasteiger partial charge in [-0.25, -0.2) is 12.4 Å². The largest absolute Gasteiger partial charge is 0.268 e. The number of nitrogens with zero attached hydrogens (tertiary/aromatic N) is 1. The molecule has 0 spiro atoms. The van der Waals surface area contributed by atoms with E-state index in [1.807, 2.05) is 97.9 Å². The van der Waals surface area contributed by atoms with Crippen molar-refractivity contribution in [3.05, 3.63) is 167 Å². The predicted molar refractivity (Wildman–Crippen MR) is 170 cm³/mol. The average Bonchev–Trinajstić information content (AvgIpc) is 3.34. The second-order valence-corrected chi connectivity index (χ2v) is 12.2. The highest BCUT2D eigenvalue weighted by molar-refractivity contribution is 7.90. The van der Waals surface area contributed by atoms with E-state index in [1.165, 1.54) is 0 Å². The van der Waals surface area contributed by atoms with Crippen molar-refractivity contribution in [3.63, 3.8) is 0 Å². The van der Waals surface area contributed by atoms with Gasteiger partial charge in [0.25, 0.3) is 10.0 Å². The third-order valence-electron chi connectivity index (χ3n) is 7.48. The molecule has 0 bridgehead atoms. The highest BCUT2D eigenvalue weighted by atomic mass is 32.2. The SMILES string of the molecule is Cc1ccc(S(=O)(=O)n2c(-c3ccccc3)c(C(/C=C/c3ccccc3)c3ccccc3)c3cc(C)ccc32)cc1. The van der Waals surface area contributed by atoms with Crippen molar-refractivity contribution in [2.75, 3.05) is 0 Å². The number of fused-ring (bicyclic) bond motifs is 1. The van der Waals surface area contributed by atoms with Gasteiger partial charge in [0.15, 0.2) is 0 Å². The number of aromatic nitrogens is 1. The Labute approximate surface area is 242 Å². The molecule has 0 fully saturated rings. The number of benzene rings is 5. The van der Waals surface area contributed by atoms with Crippen molar-refractivity contribution in [1.29, 1.82) is 0 Å². The predicted octanol–water partition coefficient (Wildman–Crippen LogP) is 9.01. The first-order chi connectivity index (χ1) is 19.9. The third kappa shape index (κ3) is 5.15. The molecular weight excluding hydrogens is 522 g/mol. The van der Waals surface area contributed by atoms with Crippen molar-refractivity contribution in [1.82, 2.24) is 3.97 Å². The Bertz CT molecular complexity index is 1940. The third-order valence-corrected chi connectivity index (χ3v) is 9.20. The van der Waals surface area contributed by atoms with Gasteiger partial charge in [-0.3, -0.25) is 0 Å². The molecule has 4 heteroatoms. The van der Waals surface area contributed by atoms with E-state index < -0.39 is 10.0 Å². The molecule has 0 radical (unpaired) electrons. The topological polar surface area (TPSA) is 39.1 Å². The molecule has 0 N–H and O–H groups in total. The number of allylic oxidation sites excluding steroid dienone is 1. The Kier molecular flexibility index (Phi) is 7.17. The van der Waals surface area contributed by atoms with E-state index in [9.17, 15) is 8.42 Å². The van der Waals surface area contributed by atoms with E-state index in [0.717, 1.165) is 38.8 Å². The van der Waals surface area contributed by atoms with E-state index in [-0.39, 0.29) is 10.8 Å². The molecule has 1 heterocycles. The maximum Gasteiger partial charge on any atom is 0.268 e. The van der Waals surface area contributed by atoms with Crippen LogP contribution in [0.25, 0.3) is 28.2 Å². The van der Waals surface area contributed by atoms with Crippen LogP contribution in [0.4, 0.5) is 0 Å². The molecule has 0 saturated carbocycles. The number of aryl methyl sites for hydroxylation is 2. The van der Waals surface area contributed by atoms with Gasteiger partial charge in [0.2, 0.25) is 0 Å². The van der Waals surface area contributed by atoms with E-state index >= 15 is 0 Å². The molecule has 0 aliphatic carbocycles. The van der Waals surface area contributed by atoms with Crippen molar-refractivity contribution in [2.45, 2.75) is 24.7 Å². The lowest BCUT2D eigenvalue weighted by atomic mass is 9.86. The highest BCUT2D eigenvalue weighted by Gasteiger charge is 2.31. The fraction of sp³-hybridized carbons (Fsp3) is 0.0811. The minimum atomic E-state index is -3.94. The summed E-state index contributed by atoms with van der Waals surface area (Å²) in [6.45, 7) is 4.01. The van der Waals surface area contributed by atoms with Crippen LogP contribution >= 0.6 is 0 Å². The van der Waals surface area contributed by atoms with E-state index in [2.05, 4.69) is 49.4 Å². The summed E-state index contributed by atoms with van der Waals surface area (Å²) in [5.74, 6) is -0.203. The molecule has 1 unspecified atom stereocenters. The smallest absolute Gasteiger partial charge is 0.233 e. The normalized spacial score (nSPS) is 12.6. The van der Waals surface area contributed by atoms with Gasteiger partial charge >= 0.3 is 0 Å². The lowest BCUT2D eigenvalue weighted by Crippen LogP contribution is -2.15. The summed E-state index contributed by atoms with van der Waals surface area (Å²) in [6.07, 6.45) is 4.32. The number of hydrogen-bond donors (Lipinski definition) is 0. The zero-order valence-electron chi connectivity index (χ0n) is 23.1. The van der Waals surface area contributed by atoms with Crippen molar-refractivity contribution in [3.8, 4) is 11.3 Å². The molecule has 6 rings (SSSR count). The first-order valence-corrected chi connectivity index (χ1v) is 15.2. The summed E-state index contributed by atoms with van der Waals surface area (Å²) in [4.78, 5) is 0.264. The maximum absolute atomic E-state index is 14.5. The van der Waals surface area contributed by atoms with E-state index in [0.29, 0.717) is 11.2 Å². The zero-order valence-corrected chi connectivity index (χ0v) is 23.9. The molecular formula is C37H31NO2S. The summed E-state index contributed by atoms with van der Waals surface area (Å²) in [6, 6.07) is 43.5. The summed E-state index contributed by atoms with van der Waals surface area (Å²) in [5.41, 5.74) is 7.41.